The smallest absolute Gasteiger partial charge is 0.326 e. The minimum absolute atomic E-state index is 0.236. The number of nitrogens with one attached hydrogen (secondary N) is 1. The molecule has 0 fully saturated rings. The fraction of sp³-hybridized carbons (Fsp3) is 0.806. The molecule has 0 aromatic heterocycles. The predicted octanol–water partition coefficient (Wildman–Crippen LogP) is 2.68. The van der Waals surface area contributed by atoms with Crippen molar-refractivity contribution >= 4 is 35.6 Å². The Kier molecular flexibility index (Phi) is 14.1. The van der Waals surface area contributed by atoms with E-state index in [1.165, 1.54) is 0 Å². The van der Waals surface area contributed by atoms with Crippen LogP contribution in [0.25, 0.3) is 0 Å². The molecule has 0 rings (SSSR count). The molecule has 0 saturated carbocycles. The maximum absolute atomic E-state index is 14.3. The van der Waals surface area contributed by atoms with E-state index < -0.39 is 87.6 Å². The van der Waals surface area contributed by atoms with Gasteiger partial charge in [0, 0.05) is 12.0 Å². The maximum atomic E-state index is 14.3. The molecule has 7 N–H and O–H groups in total. The Morgan fingerprint density at radius 3 is 1.59 bits per heavy atom. The molecule has 0 aromatic carbocycles. The number of hydrogen-bond donors (Lipinski definition) is 5. The van der Waals surface area contributed by atoms with E-state index in [1.807, 2.05) is 0 Å². The van der Waals surface area contributed by atoms with Crippen molar-refractivity contribution in [1.29, 1.82) is 0 Å². The molecule has 3 amide bonds. The van der Waals surface area contributed by atoms with Crippen molar-refractivity contribution in [2.75, 3.05) is 0 Å². The van der Waals surface area contributed by atoms with Crippen LogP contribution in [0, 0.1) is 22.7 Å². The fourth-order valence-corrected chi connectivity index (χ4v) is 4.86. The van der Waals surface area contributed by atoms with Crippen molar-refractivity contribution in [3.05, 3.63) is 0 Å². The molecule has 13 heteroatoms. The van der Waals surface area contributed by atoms with Gasteiger partial charge in [-0.15, -0.1) is 0 Å². The summed E-state index contributed by atoms with van der Waals surface area (Å²) in [4.78, 5) is 78.2. The number of carbonyl (C=O) groups excluding carboxylic acids is 4. The average molecular weight is 629 g/mol. The zero-order valence-electron chi connectivity index (χ0n) is 28.6. The zero-order chi connectivity index (χ0) is 35.2. The van der Waals surface area contributed by atoms with Gasteiger partial charge in [-0.3, -0.25) is 24.0 Å². The molecule has 0 spiro atoms. The van der Waals surface area contributed by atoms with Gasteiger partial charge in [-0.1, -0.05) is 41.5 Å². The third-order valence-electron chi connectivity index (χ3n) is 7.21. The predicted molar refractivity (Wildman–Crippen MR) is 165 cm³/mol. The van der Waals surface area contributed by atoms with Gasteiger partial charge in [0.25, 0.3) is 0 Å². The molecule has 0 saturated heterocycles. The summed E-state index contributed by atoms with van der Waals surface area (Å²) < 4.78 is 5.64. The molecule has 44 heavy (non-hydrogen) atoms. The summed E-state index contributed by atoms with van der Waals surface area (Å²) in [6.07, 6.45) is -1.11. The van der Waals surface area contributed by atoms with Crippen molar-refractivity contribution in [2.45, 2.75) is 138 Å². The summed E-state index contributed by atoms with van der Waals surface area (Å²) in [5.41, 5.74) is 7.98. The van der Waals surface area contributed by atoms with Crippen molar-refractivity contribution in [1.82, 2.24) is 10.2 Å². The Labute approximate surface area is 261 Å². The van der Waals surface area contributed by atoms with Crippen LogP contribution in [0.4, 0.5) is 0 Å². The molecule has 0 bridgehead atoms. The second kappa shape index (κ2) is 15.2. The second-order valence-electron chi connectivity index (χ2n) is 15.6. The molecule has 254 valence electrons. The molecule has 0 heterocycles. The van der Waals surface area contributed by atoms with Gasteiger partial charge in [0.15, 0.2) is 0 Å². The number of carboxylic acid groups (broad SMARTS) is 2. The van der Waals surface area contributed by atoms with E-state index in [2.05, 4.69) is 5.32 Å². The minimum Gasteiger partial charge on any atom is -0.481 e. The summed E-state index contributed by atoms with van der Waals surface area (Å²) in [5.74, 6) is -7.48. The number of ether oxygens (including phenoxy) is 1. The van der Waals surface area contributed by atoms with Crippen LogP contribution in [0.1, 0.15) is 109 Å². The van der Waals surface area contributed by atoms with Crippen molar-refractivity contribution in [2.24, 2.45) is 34.1 Å². The molecular formula is C31H56N4O9. The first-order valence-electron chi connectivity index (χ1n) is 14.9. The van der Waals surface area contributed by atoms with Gasteiger partial charge in [0.1, 0.15) is 17.7 Å². The number of rotatable bonds is 14. The first-order chi connectivity index (χ1) is 19.5. The third kappa shape index (κ3) is 13.2. The quantitative estimate of drug-likeness (QED) is 0.177. The fourth-order valence-electron chi connectivity index (χ4n) is 4.86. The number of carbonyl (C=O) groups is 6. The van der Waals surface area contributed by atoms with Crippen LogP contribution in [0.5, 0.6) is 0 Å². The van der Waals surface area contributed by atoms with Crippen LogP contribution in [0.15, 0.2) is 0 Å². The van der Waals surface area contributed by atoms with Crippen LogP contribution in [0.3, 0.4) is 0 Å². The number of esters is 1. The monoisotopic (exact) mass is 628 g/mol. The molecule has 13 nitrogen and oxygen atoms in total. The first-order valence-corrected chi connectivity index (χ1v) is 14.9. The van der Waals surface area contributed by atoms with Crippen LogP contribution in [-0.2, 0) is 33.5 Å². The molecule has 0 aliphatic heterocycles. The van der Waals surface area contributed by atoms with Crippen molar-refractivity contribution < 1.29 is 43.7 Å². The average Bonchev–Trinajstić information content (AvgIpc) is 2.77. The minimum atomic E-state index is -1.49. The molecule has 0 aliphatic carbocycles. The highest BCUT2D eigenvalue weighted by Gasteiger charge is 2.45. The number of aliphatic carboxylic acids is 2. The Morgan fingerprint density at radius 2 is 1.25 bits per heavy atom. The summed E-state index contributed by atoms with van der Waals surface area (Å²) in [5, 5.41) is 22.4. The van der Waals surface area contributed by atoms with Crippen molar-refractivity contribution in [3.63, 3.8) is 0 Å². The van der Waals surface area contributed by atoms with Gasteiger partial charge in [-0.25, -0.2) is 4.79 Å². The Hall–Kier alpha value is -3.22. The number of hydrogen-bond acceptors (Lipinski definition) is 8. The standard InChI is InChI=1S/C31H56N4O9/c1-28(2,3)17(25(39)40)15-19(32)23(37)34-20(16-18(29(4,5)6)27(43)44-31(10,11)12)24(38)35(30(7,8)9)21(26(41)42)13-14-22(33)36/h17-21H,13-16,32H2,1-12H3,(H2,33,36)(H,34,37)(H,39,40)(H,41,42)/t17?,18?,19-,20-,21-/m0/s1. The highest BCUT2D eigenvalue weighted by atomic mass is 16.6. The highest BCUT2D eigenvalue weighted by Crippen LogP contribution is 2.34. The van der Waals surface area contributed by atoms with E-state index in [0.29, 0.717) is 0 Å². The lowest BCUT2D eigenvalue weighted by atomic mass is 9.76. The summed E-state index contributed by atoms with van der Waals surface area (Å²) in [6, 6.07) is -4.29. The van der Waals surface area contributed by atoms with Gasteiger partial charge in [-0.05, 0) is 71.6 Å². The van der Waals surface area contributed by atoms with E-state index in [9.17, 15) is 39.0 Å². The van der Waals surface area contributed by atoms with E-state index in [-0.39, 0.29) is 25.7 Å². The van der Waals surface area contributed by atoms with Gasteiger partial charge >= 0.3 is 17.9 Å². The normalized spacial score (nSPS) is 16.1. The van der Waals surface area contributed by atoms with Crippen LogP contribution in [-0.4, -0.2) is 80.0 Å². The second-order valence-corrected chi connectivity index (χ2v) is 15.6. The van der Waals surface area contributed by atoms with E-state index >= 15 is 0 Å². The molecular weight excluding hydrogens is 572 g/mol. The maximum Gasteiger partial charge on any atom is 0.326 e. The summed E-state index contributed by atoms with van der Waals surface area (Å²) in [7, 11) is 0. The van der Waals surface area contributed by atoms with Gasteiger partial charge in [-0.2, -0.15) is 0 Å². The first kappa shape index (κ1) is 40.8. The Balaban J connectivity index is 6.94. The van der Waals surface area contributed by atoms with Crippen LogP contribution < -0.4 is 16.8 Å². The lowest BCUT2D eigenvalue weighted by Gasteiger charge is -2.43. The number of nitrogens with two attached hydrogens (primary N) is 2. The van der Waals surface area contributed by atoms with Gasteiger partial charge in [0.05, 0.1) is 17.9 Å². The Morgan fingerprint density at radius 1 is 0.773 bits per heavy atom. The number of carboxylic acids is 2. The lowest BCUT2D eigenvalue weighted by Crippen LogP contribution is -2.62. The van der Waals surface area contributed by atoms with E-state index in [4.69, 9.17) is 16.2 Å². The van der Waals surface area contributed by atoms with Crippen LogP contribution in [0.2, 0.25) is 0 Å². The molecule has 0 aromatic rings. The molecule has 2 unspecified atom stereocenters. The lowest BCUT2D eigenvalue weighted by molar-refractivity contribution is -0.166. The Bertz CT molecular complexity index is 1060. The summed E-state index contributed by atoms with van der Waals surface area (Å²) >= 11 is 0. The summed E-state index contributed by atoms with van der Waals surface area (Å²) in [6.45, 7) is 20.3. The third-order valence-corrected chi connectivity index (χ3v) is 7.21. The van der Waals surface area contributed by atoms with Gasteiger partial charge in [0.2, 0.25) is 17.7 Å². The molecule has 0 aliphatic rings. The van der Waals surface area contributed by atoms with Crippen molar-refractivity contribution in [3.8, 4) is 0 Å². The van der Waals surface area contributed by atoms with Gasteiger partial charge < -0.3 is 36.6 Å². The highest BCUT2D eigenvalue weighted by molar-refractivity contribution is 5.93. The van der Waals surface area contributed by atoms with E-state index in [0.717, 1.165) is 4.90 Å². The number of primary amides is 1. The number of amides is 3. The number of nitrogens with zero attached hydrogens (tertiary/aromatic N) is 1. The molecule has 0 radical (unpaired) electrons. The molecule has 5 atom stereocenters. The SMILES string of the molecule is CC(C)(C)OC(=O)C(C[C@H](NC(=O)[C@@H](N)CC(C(=O)O)C(C)(C)C)C(=O)N([C@@H](CCC(N)=O)C(=O)O)C(C)(C)C)C(C)(C)C. The zero-order valence-corrected chi connectivity index (χ0v) is 28.6. The largest absolute Gasteiger partial charge is 0.481 e. The topological polar surface area (TPSA) is 219 Å². The van der Waals surface area contributed by atoms with E-state index in [1.54, 1.807) is 83.1 Å². The van der Waals surface area contributed by atoms with Crippen LogP contribution >= 0.6 is 0 Å².